The standard InChI is InChI=1S/C14H24N4O3S2/c1-5-23(20,21)18(4)8-6-7-15-13(19)10-22-14-16-11(2)9-12(3)17-14/h9H,5-8,10H2,1-4H3,(H,15,19). The van der Waals surface area contributed by atoms with Gasteiger partial charge in [0.15, 0.2) is 5.16 Å². The maximum absolute atomic E-state index is 11.8. The topological polar surface area (TPSA) is 92.3 Å². The van der Waals surface area contributed by atoms with Gasteiger partial charge in [0.1, 0.15) is 0 Å². The van der Waals surface area contributed by atoms with E-state index in [1.165, 1.54) is 16.1 Å². The number of rotatable bonds is 9. The SMILES string of the molecule is CCS(=O)(=O)N(C)CCCNC(=O)CSc1nc(C)cc(C)n1. The zero-order valence-electron chi connectivity index (χ0n) is 14.0. The molecule has 0 fully saturated rings. The third kappa shape index (κ3) is 7.28. The minimum atomic E-state index is -3.15. The van der Waals surface area contributed by atoms with Crippen LogP contribution in [0.2, 0.25) is 0 Å². The molecule has 1 aromatic rings. The summed E-state index contributed by atoms with van der Waals surface area (Å²) in [6.45, 7) is 6.22. The van der Waals surface area contributed by atoms with Crippen LogP contribution in [0, 0.1) is 13.8 Å². The number of hydrogen-bond donors (Lipinski definition) is 1. The maximum Gasteiger partial charge on any atom is 0.230 e. The number of carbonyl (C=O) groups is 1. The van der Waals surface area contributed by atoms with Crippen molar-refractivity contribution >= 4 is 27.7 Å². The Kier molecular flexibility index (Phi) is 7.93. The van der Waals surface area contributed by atoms with Gasteiger partial charge in [-0.05, 0) is 33.3 Å². The average Bonchev–Trinajstić information content (AvgIpc) is 2.48. The van der Waals surface area contributed by atoms with Crippen molar-refractivity contribution in [2.45, 2.75) is 32.3 Å². The Balaban J connectivity index is 2.27. The molecular weight excluding hydrogens is 336 g/mol. The van der Waals surface area contributed by atoms with Crippen LogP contribution >= 0.6 is 11.8 Å². The monoisotopic (exact) mass is 360 g/mol. The molecule has 1 rings (SSSR count). The zero-order chi connectivity index (χ0) is 17.5. The van der Waals surface area contributed by atoms with Gasteiger partial charge in [0.25, 0.3) is 0 Å². The predicted octanol–water partition coefficient (Wildman–Crippen LogP) is 0.973. The minimum absolute atomic E-state index is 0.0857. The first-order chi connectivity index (χ1) is 10.7. The quantitative estimate of drug-likeness (QED) is 0.401. The van der Waals surface area contributed by atoms with Gasteiger partial charge in [0.2, 0.25) is 15.9 Å². The van der Waals surface area contributed by atoms with Gasteiger partial charge < -0.3 is 5.32 Å². The molecule has 0 aromatic carbocycles. The molecule has 0 unspecified atom stereocenters. The first-order valence-electron chi connectivity index (χ1n) is 7.40. The van der Waals surface area contributed by atoms with E-state index >= 15 is 0 Å². The lowest BCUT2D eigenvalue weighted by Crippen LogP contribution is -2.32. The first-order valence-corrected chi connectivity index (χ1v) is 10.00. The van der Waals surface area contributed by atoms with Crippen molar-refractivity contribution in [3.63, 3.8) is 0 Å². The molecule has 0 spiro atoms. The molecule has 1 aromatic heterocycles. The summed E-state index contributed by atoms with van der Waals surface area (Å²) in [5.74, 6) is 0.216. The molecule has 0 aliphatic carbocycles. The predicted molar refractivity (Wildman–Crippen MR) is 91.9 cm³/mol. The lowest BCUT2D eigenvalue weighted by atomic mass is 10.4. The molecule has 0 aliphatic rings. The molecule has 1 heterocycles. The van der Waals surface area contributed by atoms with Crippen molar-refractivity contribution in [1.82, 2.24) is 19.6 Å². The Bertz CT molecular complexity index is 615. The highest BCUT2D eigenvalue weighted by atomic mass is 32.2. The van der Waals surface area contributed by atoms with Crippen molar-refractivity contribution in [2.24, 2.45) is 0 Å². The fourth-order valence-corrected chi connectivity index (χ4v) is 3.46. The Morgan fingerprint density at radius 1 is 1.30 bits per heavy atom. The van der Waals surface area contributed by atoms with Gasteiger partial charge in [-0.2, -0.15) is 0 Å². The zero-order valence-corrected chi connectivity index (χ0v) is 15.6. The van der Waals surface area contributed by atoms with E-state index in [1.54, 1.807) is 14.0 Å². The normalized spacial score (nSPS) is 11.7. The lowest BCUT2D eigenvalue weighted by Gasteiger charge is -2.15. The molecule has 0 atom stereocenters. The van der Waals surface area contributed by atoms with Gasteiger partial charge in [-0.1, -0.05) is 11.8 Å². The fraction of sp³-hybridized carbons (Fsp3) is 0.643. The Morgan fingerprint density at radius 3 is 2.48 bits per heavy atom. The number of nitrogens with zero attached hydrogens (tertiary/aromatic N) is 3. The highest BCUT2D eigenvalue weighted by Gasteiger charge is 2.14. The second-order valence-corrected chi connectivity index (χ2v) is 8.45. The van der Waals surface area contributed by atoms with Crippen molar-refractivity contribution in [2.75, 3.05) is 31.6 Å². The lowest BCUT2D eigenvalue weighted by molar-refractivity contribution is -0.118. The molecular formula is C14H24N4O3S2. The van der Waals surface area contributed by atoms with E-state index in [4.69, 9.17) is 0 Å². The second kappa shape index (κ2) is 9.19. The molecule has 130 valence electrons. The number of aromatic nitrogens is 2. The summed E-state index contributed by atoms with van der Waals surface area (Å²) in [6, 6.07) is 1.88. The molecule has 0 bridgehead atoms. The highest BCUT2D eigenvalue weighted by molar-refractivity contribution is 7.99. The average molecular weight is 361 g/mol. The van der Waals surface area contributed by atoms with E-state index in [0.29, 0.717) is 24.7 Å². The number of hydrogen-bond acceptors (Lipinski definition) is 6. The largest absolute Gasteiger partial charge is 0.355 e. The van der Waals surface area contributed by atoms with Gasteiger partial charge in [-0.3, -0.25) is 4.79 Å². The minimum Gasteiger partial charge on any atom is -0.355 e. The number of carbonyl (C=O) groups excluding carboxylic acids is 1. The van der Waals surface area contributed by atoms with Crippen LogP contribution in [-0.4, -0.2) is 60.2 Å². The third-order valence-corrected chi connectivity index (χ3v) is 5.81. The van der Waals surface area contributed by atoms with Crippen LogP contribution in [-0.2, 0) is 14.8 Å². The number of amides is 1. The van der Waals surface area contributed by atoms with E-state index in [-0.39, 0.29) is 17.4 Å². The van der Waals surface area contributed by atoms with Crippen LogP contribution in [0.15, 0.2) is 11.2 Å². The van der Waals surface area contributed by atoms with Crippen LogP contribution in [0.5, 0.6) is 0 Å². The van der Waals surface area contributed by atoms with Gasteiger partial charge >= 0.3 is 0 Å². The van der Waals surface area contributed by atoms with Crippen LogP contribution in [0.3, 0.4) is 0 Å². The molecule has 1 N–H and O–H groups in total. The first kappa shape index (κ1) is 19.9. The summed E-state index contributed by atoms with van der Waals surface area (Å²) in [5.41, 5.74) is 1.75. The van der Waals surface area contributed by atoms with Gasteiger partial charge in [-0.25, -0.2) is 22.7 Å². The van der Waals surface area contributed by atoms with Crippen molar-refractivity contribution in [1.29, 1.82) is 0 Å². The summed E-state index contributed by atoms with van der Waals surface area (Å²) in [6.07, 6.45) is 0.576. The summed E-state index contributed by atoms with van der Waals surface area (Å²) >= 11 is 1.29. The summed E-state index contributed by atoms with van der Waals surface area (Å²) in [5, 5.41) is 3.36. The maximum atomic E-state index is 11.8. The number of nitrogens with one attached hydrogen (secondary N) is 1. The molecule has 1 amide bonds. The fourth-order valence-electron chi connectivity index (χ4n) is 1.83. The smallest absolute Gasteiger partial charge is 0.230 e. The van der Waals surface area contributed by atoms with Crippen molar-refractivity contribution < 1.29 is 13.2 Å². The number of aryl methyl sites for hydroxylation is 2. The number of thioether (sulfide) groups is 1. The van der Waals surface area contributed by atoms with Crippen LogP contribution in [0.25, 0.3) is 0 Å². The molecule has 7 nitrogen and oxygen atoms in total. The Hall–Kier alpha value is -1.19. The third-order valence-electron chi connectivity index (χ3n) is 3.11. The van der Waals surface area contributed by atoms with Crippen LogP contribution in [0.1, 0.15) is 24.7 Å². The molecule has 0 saturated carbocycles. The van der Waals surface area contributed by atoms with Gasteiger partial charge in [-0.15, -0.1) is 0 Å². The molecule has 0 radical (unpaired) electrons. The van der Waals surface area contributed by atoms with Crippen molar-refractivity contribution in [3.8, 4) is 0 Å². The van der Waals surface area contributed by atoms with Crippen LogP contribution in [0.4, 0.5) is 0 Å². The van der Waals surface area contributed by atoms with E-state index in [0.717, 1.165) is 11.4 Å². The number of sulfonamides is 1. The second-order valence-electron chi connectivity index (χ2n) is 5.15. The van der Waals surface area contributed by atoms with E-state index < -0.39 is 10.0 Å². The molecule has 23 heavy (non-hydrogen) atoms. The summed E-state index contributed by atoms with van der Waals surface area (Å²) in [7, 11) is -1.60. The van der Waals surface area contributed by atoms with Gasteiger partial charge in [0, 0.05) is 31.5 Å². The molecule has 0 saturated heterocycles. The van der Waals surface area contributed by atoms with E-state index in [2.05, 4.69) is 15.3 Å². The molecule has 0 aliphatic heterocycles. The highest BCUT2D eigenvalue weighted by Crippen LogP contribution is 2.13. The summed E-state index contributed by atoms with van der Waals surface area (Å²) in [4.78, 5) is 20.3. The van der Waals surface area contributed by atoms with Crippen LogP contribution < -0.4 is 5.32 Å². The Morgan fingerprint density at radius 2 is 1.91 bits per heavy atom. The molecule has 9 heteroatoms. The Labute approximate surface area is 142 Å². The van der Waals surface area contributed by atoms with E-state index in [1.807, 2.05) is 19.9 Å². The summed E-state index contributed by atoms with van der Waals surface area (Å²) < 4.78 is 24.4. The van der Waals surface area contributed by atoms with Gasteiger partial charge in [0.05, 0.1) is 11.5 Å². The van der Waals surface area contributed by atoms with E-state index in [9.17, 15) is 13.2 Å². The van der Waals surface area contributed by atoms with Crippen molar-refractivity contribution in [3.05, 3.63) is 17.5 Å².